The number of benzene rings is 1. The first kappa shape index (κ1) is 13.4. The van der Waals surface area contributed by atoms with Crippen LogP contribution in [0.2, 0.25) is 0 Å². The van der Waals surface area contributed by atoms with Gasteiger partial charge in [0.25, 0.3) is 0 Å². The molecule has 0 bridgehead atoms. The van der Waals surface area contributed by atoms with E-state index in [0.717, 1.165) is 18.7 Å². The molecule has 1 aliphatic rings. The monoisotopic (exact) mass is 289 g/mol. The molecule has 5 heteroatoms. The van der Waals surface area contributed by atoms with E-state index >= 15 is 0 Å². The number of hydrogen-bond donors (Lipinski definition) is 1. The standard InChI is InChI=1S/C15H19N3OS/c1-11(9-20(2)19)18-10-16-8-14(18)13-5-3-4-12-6-7-17-15(12)13/h3-5,8,10-11,17H,6-7,9H2,1-2H3. The molecule has 106 valence electrons. The van der Waals surface area contributed by atoms with Gasteiger partial charge in [-0.05, 0) is 18.9 Å². The van der Waals surface area contributed by atoms with Crippen molar-refractivity contribution in [2.75, 3.05) is 23.9 Å². The molecule has 0 amide bonds. The highest BCUT2D eigenvalue weighted by atomic mass is 32.2. The molecule has 0 saturated carbocycles. The van der Waals surface area contributed by atoms with Crippen LogP contribution >= 0.6 is 0 Å². The second-order valence-corrected chi connectivity index (χ2v) is 6.77. The smallest absolute Gasteiger partial charge is 0.0953 e. The third-order valence-corrected chi connectivity index (χ3v) is 4.69. The lowest BCUT2D eigenvalue weighted by Crippen LogP contribution is -2.13. The van der Waals surface area contributed by atoms with E-state index < -0.39 is 10.8 Å². The van der Waals surface area contributed by atoms with Gasteiger partial charge in [-0.3, -0.25) is 4.21 Å². The van der Waals surface area contributed by atoms with Crippen molar-refractivity contribution in [3.05, 3.63) is 36.3 Å². The highest BCUT2D eigenvalue weighted by Gasteiger charge is 2.19. The van der Waals surface area contributed by atoms with Crippen LogP contribution in [0.4, 0.5) is 5.69 Å². The Morgan fingerprint density at radius 2 is 2.35 bits per heavy atom. The number of nitrogens with zero attached hydrogens (tertiary/aromatic N) is 2. The van der Waals surface area contributed by atoms with Gasteiger partial charge < -0.3 is 9.88 Å². The number of aromatic nitrogens is 2. The molecule has 1 aliphatic heterocycles. The summed E-state index contributed by atoms with van der Waals surface area (Å²) in [5.74, 6) is 0.645. The van der Waals surface area contributed by atoms with Crippen LogP contribution in [0.25, 0.3) is 11.3 Å². The van der Waals surface area contributed by atoms with Gasteiger partial charge in [-0.2, -0.15) is 0 Å². The topological polar surface area (TPSA) is 46.9 Å². The molecule has 20 heavy (non-hydrogen) atoms. The Labute approximate surface area is 121 Å². The van der Waals surface area contributed by atoms with Crippen molar-refractivity contribution in [2.45, 2.75) is 19.4 Å². The minimum absolute atomic E-state index is 0.176. The van der Waals surface area contributed by atoms with Crippen LogP contribution in [0.5, 0.6) is 0 Å². The maximum absolute atomic E-state index is 11.4. The first-order valence-electron chi connectivity index (χ1n) is 6.85. The third kappa shape index (κ3) is 2.38. The van der Waals surface area contributed by atoms with Gasteiger partial charge in [0.2, 0.25) is 0 Å². The average Bonchev–Trinajstić information content (AvgIpc) is 3.06. The lowest BCUT2D eigenvalue weighted by molar-refractivity contribution is 0.601. The van der Waals surface area contributed by atoms with Gasteiger partial charge in [-0.1, -0.05) is 18.2 Å². The van der Waals surface area contributed by atoms with Crippen LogP contribution in [-0.2, 0) is 17.2 Å². The highest BCUT2D eigenvalue weighted by Crippen LogP contribution is 2.35. The molecule has 4 nitrogen and oxygen atoms in total. The first-order chi connectivity index (χ1) is 9.66. The number of imidazole rings is 1. The summed E-state index contributed by atoms with van der Waals surface area (Å²) in [4.78, 5) is 4.29. The van der Waals surface area contributed by atoms with Gasteiger partial charge >= 0.3 is 0 Å². The summed E-state index contributed by atoms with van der Waals surface area (Å²) >= 11 is 0. The molecular formula is C15H19N3OS. The number of hydrogen-bond acceptors (Lipinski definition) is 3. The average molecular weight is 289 g/mol. The minimum atomic E-state index is -0.808. The second kappa shape index (κ2) is 5.40. The molecule has 0 saturated heterocycles. The van der Waals surface area contributed by atoms with Crippen LogP contribution in [0, 0.1) is 0 Å². The quantitative estimate of drug-likeness (QED) is 0.940. The second-order valence-electron chi connectivity index (χ2n) is 5.29. The summed E-state index contributed by atoms with van der Waals surface area (Å²) in [5.41, 5.74) is 4.86. The predicted octanol–water partition coefficient (Wildman–Crippen LogP) is 2.46. The molecule has 0 aliphatic carbocycles. The minimum Gasteiger partial charge on any atom is -0.384 e. The van der Waals surface area contributed by atoms with E-state index in [2.05, 4.69) is 40.0 Å². The normalized spacial score (nSPS) is 16.5. The Kier molecular flexibility index (Phi) is 3.61. The van der Waals surface area contributed by atoms with Crippen molar-refractivity contribution < 1.29 is 4.21 Å². The van der Waals surface area contributed by atoms with E-state index in [0.29, 0.717) is 5.75 Å². The summed E-state index contributed by atoms with van der Waals surface area (Å²) in [7, 11) is -0.808. The van der Waals surface area contributed by atoms with Gasteiger partial charge in [0.15, 0.2) is 0 Å². The zero-order chi connectivity index (χ0) is 14.1. The predicted molar refractivity (Wildman–Crippen MR) is 83.5 cm³/mol. The maximum Gasteiger partial charge on any atom is 0.0953 e. The van der Waals surface area contributed by atoms with Crippen molar-refractivity contribution >= 4 is 16.5 Å². The van der Waals surface area contributed by atoms with Crippen LogP contribution in [0.15, 0.2) is 30.7 Å². The molecule has 1 aromatic carbocycles. The Morgan fingerprint density at radius 1 is 1.50 bits per heavy atom. The maximum atomic E-state index is 11.4. The zero-order valence-electron chi connectivity index (χ0n) is 11.8. The van der Waals surface area contributed by atoms with Gasteiger partial charge in [-0.25, -0.2) is 4.98 Å². The molecule has 0 radical (unpaired) electrons. The van der Waals surface area contributed by atoms with E-state index in [4.69, 9.17) is 0 Å². The number of rotatable bonds is 4. The molecule has 2 unspecified atom stereocenters. The fraction of sp³-hybridized carbons (Fsp3) is 0.400. The van der Waals surface area contributed by atoms with Gasteiger partial charge in [0, 0.05) is 46.6 Å². The largest absolute Gasteiger partial charge is 0.384 e. The highest BCUT2D eigenvalue weighted by molar-refractivity contribution is 7.84. The van der Waals surface area contributed by atoms with Crippen molar-refractivity contribution in [3.8, 4) is 11.3 Å². The van der Waals surface area contributed by atoms with Crippen LogP contribution < -0.4 is 5.32 Å². The van der Waals surface area contributed by atoms with Crippen LogP contribution in [0.3, 0.4) is 0 Å². The van der Waals surface area contributed by atoms with Crippen molar-refractivity contribution in [1.29, 1.82) is 0 Å². The first-order valence-corrected chi connectivity index (χ1v) is 8.57. The van der Waals surface area contributed by atoms with Crippen LogP contribution in [-0.4, -0.2) is 32.3 Å². The summed E-state index contributed by atoms with van der Waals surface area (Å²) in [5, 5.41) is 3.46. The molecule has 1 N–H and O–H groups in total. The zero-order valence-corrected chi connectivity index (χ0v) is 12.6. The van der Waals surface area contributed by atoms with Gasteiger partial charge in [0.05, 0.1) is 18.2 Å². The van der Waals surface area contributed by atoms with E-state index in [-0.39, 0.29) is 6.04 Å². The Bertz CT molecular complexity index is 650. The SMILES string of the molecule is CC(CS(C)=O)n1cncc1-c1cccc2c1NCC2. The lowest BCUT2D eigenvalue weighted by Gasteiger charge is -2.17. The lowest BCUT2D eigenvalue weighted by atomic mass is 10.1. The molecule has 0 spiro atoms. The van der Waals surface area contributed by atoms with E-state index in [9.17, 15) is 4.21 Å². The summed E-state index contributed by atoms with van der Waals surface area (Å²) < 4.78 is 13.6. The third-order valence-electron chi connectivity index (χ3n) is 3.74. The number of anilines is 1. The molecular weight excluding hydrogens is 270 g/mol. The Balaban J connectivity index is 2.02. The van der Waals surface area contributed by atoms with Crippen molar-refractivity contribution in [1.82, 2.24) is 9.55 Å². The summed E-state index contributed by atoms with van der Waals surface area (Å²) in [6.45, 7) is 3.08. The Morgan fingerprint density at radius 3 is 3.15 bits per heavy atom. The van der Waals surface area contributed by atoms with E-state index in [1.165, 1.54) is 16.8 Å². The van der Waals surface area contributed by atoms with Gasteiger partial charge in [0.1, 0.15) is 0 Å². The molecule has 2 heterocycles. The van der Waals surface area contributed by atoms with Crippen molar-refractivity contribution in [3.63, 3.8) is 0 Å². The molecule has 2 atom stereocenters. The number of fused-ring (bicyclic) bond motifs is 1. The number of nitrogens with one attached hydrogen (secondary N) is 1. The van der Waals surface area contributed by atoms with Gasteiger partial charge in [-0.15, -0.1) is 0 Å². The fourth-order valence-electron chi connectivity index (χ4n) is 2.84. The summed E-state index contributed by atoms with van der Waals surface area (Å²) in [6.07, 6.45) is 6.55. The molecule has 2 aromatic rings. The van der Waals surface area contributed by atoms with E-state index in [1.807, 2.05) is 12.5 Å². The summed E-state index contributed by atoms with van der Waals surface area (Å²) in [6, 6.07) is 6.57. The van der Waals surface area contributed by atoms with E-state index in [1.54, 1.807) is 6.26 Å². The molecule has 0 fully saturated rings. The van der Waals surface area contributed by atoms with Crippen LogP contribution in [0.1, 0.15) is 18.5 Å². The number of para-hydroxylation sites is 1. The molecule has 3 rings (SSSR count). The fourth-order valence-corrected chi connectivity index (χ4v) is 3.68. The van der Waals surface area contributed by atoms with Crippen molar-refractivity contribution in [2.24, 2.45) is 0 Å². The molecule has 1 aromatic heterocycles. The Hall–Kier alpha value is -1.62.